The molecule has 0 saturated heterocycles. The molecule has 3 aromatic carbocycles. The van der Waals surface area contributed by atoms with Gasteiger partial charge in [-0.2, -0.15) is 0 Å². The monoisotopic (exact) mass is 392 g/mol. The number of halogens is 1. The van der Waals surface area contributed by atoms with Crippen LogP contribution in [0.1, 0.15) is 22.7 Å². The van der Waals surface area contributed by atoms with E-state index < -0.39 is 0 Å². The minimum absolute atomic E-state index is 0.160. The van der Waals surface area contributed by atoms with Crippen LogP contribution in [-0.2, 0) is 6.42 Å². The van der Waals surface area contributed by atoms with Crippen LogP contribution in [0.15, 0.2) is 72.8 Å². The summed E-state index contributed by atoms with van der Waals surface area (Å²) in [6.45, 7) is 0.614. The molecular weight excluding hydrogens is 372 g/mol. The van der Waals surface area contributed by atoms with E-state index in [-0.39, 0.29) is 12.1 Å². The Balaban J connectivity index is 1.70. The Morgan fingerprint density at radius 2 is 1.79 bits per heavy atom. The average Bonchev–Trinajstić information content (AvgIpc) is 2.73. The number of hydrogen-bond acceptors (Lipinski definition) is 2. The molecule has 4 rings (SSSR count). The molecular formula is C23H21ClN2O2. The highest BCUT2D eigenvalue weighted by molar-refractivity contribution is 6.31. The first-order chi connectivity index (χ1) is 13.7. The van der Waals surface area contributed by atoms with Crippen LogP contribution in [-0.4, -0.2) is 24.6 Å². The maximum atomic E-state index is 13.2. The number of carbonyl (C=O) groups excluding carboxylic acids is 1. The first-order valence-corrected chi connectivity index (χ1v) is 9.59. The smallest absolute Gasteiger partial charge is 0.322 e. The van der Waals surface area contributed by atoms with Crippen molar-refractivity contribution in [2.24, 2.45) is 0 Å². The van der Waals surface area contributed by atoms with Gasteiger partial charge in [-0.25, -0.2) is 4.79 Å². The molecule has 0 saturated carbocycles. The van der Waals surface area contributed by atoms with Crippen LogP contribution in [0, 0.1) is 0 Å². The molecule has 5 heteroatoms. The highest BCUT2D eigenvalue weighted by Crippen LogP contribution is 2.38. The summed E-state index contributed by atoms with van der Waals surface area (Å²) < 4.78 is 5.25. The van der Waals surface area contributed by atoms with E-state index in [4.69, 9.17) is 16.3 Å². The van der Waals surface area contributed by atoms with Gasteiger partial charge >= 0.3 is 6.03 Å². The molecule has 2 amide bonds. The van der Waals surface area contributed by atoms with Crippen molar-refractivity contribution >= 4 is 23.3 Å². The number of anilines is 1. The number of methoxy groups -OCH3 is 1. The minimum Gasteiger partial charge on any atom is -0.497 e. The molecule has 0 aliphatic carbocycles. The van der Waals surface area contributed by atoms with E-state index >= 15 is 0 Å². The largest absolute Gasteiger partial charge is 0.497 e. The van der Waals surface area contributed by atoms with Gasteiger partial charge in [0, 0.05) is 23.3 Å². The van der Waals surface area contributed by atoms with Crippen molar-refractivity contribution in [3.63, 3.8) is 0 Å². The number of urea groups is 1. The zero-order valence-corrected chi connectivity index (χ0v) is 16.3. The van der Waals surface area contributed by atoms with Crippen molar-refractivity contribution in [3.05, 3.63) is 94.5 Å². The highest BCUT2D eigenvalue weighted by Gasteiger charge is 2.33. The lowest BCUT2D eigenvalue weighted by molar-refractivity contribution is 0.194. The van der Waals surface area contributed by atoms with Gasteiger partial charge in [-0.15, -0.1) is 0 Å². The van der Waals surface area contributed by atoms with Crippen LogP contribution >= 0.6 is 11.6 Å². The third kappa shape index (κ3) is 3.56. The summed E-state index contributed by atoms with van der Waals surface area (Å²) in [5, 5.41) is 3.66. The molecule has 1 aliphatic heterocycles. The number of rotatable bonds is 3. The summed E-state index contributed by atoms with van der Waals surface area (Å²) in [6.07, 6.45) is 0.808. The van der Waals surface area contributed by atoms with Crippen molar-refractivity contribution in [2.45, 2.75) is 12.5 Å². The van der Waals surface area contributed by atoms with Crippen molar-refractivity contribution in [3.8, 4) is 5.75 Å². The Bertz CT molecular complexity index is 1010. The Hall–Kier alpha value is -2.98. The fourth-order valence-electron chi connectivity index (χ4n) is 3.71. The number of nitrogens with one attached hydrogen (secondary N) is 1. The van der Waals surface area contributed by atoms with Gasteiger partial charge in [-0.3, -0.25) is 0 Å². The summed E-state index contributed by atoms with van der Waals surface area (Å²) in [6, 6.07) is 22.9. The van der Waals surface area contributed by atoms with Gasteiger partial charge in [-0.05, 0) is 41.3 Å². The van der Waals surface area contributed by atoms with E-state index in [1.165, 1.54) is 5.56 Å². The van der Waals surface area contributed by atoms with Gasteiger partial charge in [0.2, 0.25) is 0 Å². The summed E-state index contributed by atoms with van der Waals surface area (Å²) in [7, 11) is 1.61. The molecule has 0 aromatic heterocycles. The Morgan fingerprint density at radius 3 is 2.57 bits per heavy atom. The number of benzene rings is 3. The number of nitrogens with zero attached hydrogens (tertiary/aromatic N) is 1. The van der Waals surface area contributed by atoms with Crippen LogP contribution < -0.4 is 10.1 Å². The van der Waals surface area contributed by atoms with E-state index in [1.54, 1.807) is 13.2 Å². The molecule has 28 heavy (non-hydrogen) atoms. The Kier molecular flexibility index (Phi) is 5.22. The normalized spacial score (nSPS) is 15.6. The minimum atomic E-state index is -0.232. The Morgan fingerprint density at radius 1 is 1.04 bits per heavy atom. The predicted octanol–water partition coefficient (Wildman–Crippen LogP) is 5.53. The molecule has 0 radical (unpaired) electrons. The lowest BCUT2D eigenvalue weighted by Crippen LogP contribution is -2.43. The van der Waals surface area contributed by atoms with Gasteiger partial charge in [0.25, 0.3) is 0 Å². The maximum absolute atomic E-state index is 13.2. The number of hydrogen-bond donors (Lipinski definition) is 1. The predicted molar refractivity (Wildman–Crippen MR) is 112 cm³/mol. The van der Waals surface area contributed by atoms with Crippen molar-refractivity contribution in [1.29, 1.82) is 0 Å². The van der Waals surface area contributed by atoms with Gasteiger partial charge in [-0.1, -0.05) is 60.1 Å². The lowest BCUT2D eigenvalue weighted by atomic mass is 9.88. The summed E-state index contributed by atoms with van der Waals surface area (Å²) in [5.41, 5.74) is 3.98. The van der Waals surface area contributed by atoms with Crippen molar-refractivity contribution < 1.29 is 9.53 Å². The van der Waals surface area contributed by atoms with Crippen molar-refractivity contribution in [2.75, 3.05) is 19.0 Å². The second kappa shape index (κ2) is 7.95. The SMILES string of the molecule is COc1cccc(NC(=O)N2CCc3ccccc3[C@@H]2c2ccccc2Cl)c1. The van der Waals surface area contributed by atoms with Crippen LogP contribution in [0.3, 0.4) is 0 Å². The van der Waals surface area contributed by atoms with E-state index in [1.807, 2.05) is 59.5 Å². The molecule has 0 unspecified atom stereocenters. The molecule has 3 aromatic rings. The molecule has 0 fully saturated rings. The van der Waals surface area contributed by atoms with Crippen molar-refractivity contribution in [1.82, 2.24) is 4.90 Å². The van der Waals surface area contributed by atoms with E-state index in [2.05, 4.69) is 17.4 Å². The fraction of sp³-hybridized carbons (Fsp3) is 0.174. The van der Waals surface area contributed by atoms with Gasteiger partial charge in [0.1, 0.15) is 5.75 Å². The summed E-state index contributed by atoms with van der Waals surface area (Å²) >= 11 is 6.52. The quantitative estimate of drug-likeness (QED) is 0.636. The third-order valence-electron chi connectivity index (χ3n) is 5.07. The van der Waals surface area contributed by atoms with Crippen LogP contribution in [0.25, 0.3) is 0 Å². The van der Waals surface area contributed by atoms with E-state index in [0.717, 1.165) is 17.5 Å². The third-order valence-corrected chi connectivity index (χ3v) is 5.41. The molecule has 142 valence electrons. The summed E-state index contributed by atoms with van der Waals surface area (Å²) in [4.78, 5) is 15.1. The molecule has 1 atom stereocenters. The van der Waals surface area contributed by atoms with E-state index in [9.17, 15) is 4.79 Å². The second-order valence-electron chi connectivity index (χ2n) is 6.73. The maximum Gasteiger partial charge on any atom is 0.322 e. The molecule has 0 spiro atoms. The molecule has 1 N–H and O–H groups in total. The summed E-state index contributed by atoms with van der Waals surface area (Å²) in [5.74, 6) is 0.699. The number of carbonyl (C=O) groups is 1. The van der Waals surface area contributed by atoms with Gasteiger partial charge in [0.05, 0.1) is 13.2 Å². The first-order valence-electron chi connectivity index (χ1n) is 9.21. The topological polar surface area (TPSA) is 41.6 Å². The first kappa shape index (κ1) is 18.4. The molecule has 1 aliphatic rings. The average molecular weight is 393 g/mol. The van der Waals surface area contributed by atoms with Crippen LogP contribution in [0.2, 0.25) is 5.02 Å². The zero-order valence-electron chi connectivity index (χ0n) is 15.6. The lowest BCUT2D eigenvalue weighted by Gasteiger charge is -2.38. The van der Waals surface area contributed by atoms with Gasteiger partial charge < -0.3 is 15.0 Å². The van der Waals surface area contributed by atoms with Crippen LogP contribution in [0.5, 0.6) is 5.75 Å². The van der Waals surface area contributed by atoms with Gasteiger partial charge in [0.15, 0.2) is 0 Å². The molecule has 0 bridgehead atoms. The zero-order chi connectivity index (χ0) is 19.5. The molecule has 1 heterocycles. The fourth-order valence-corrected chi connectivity index (χ4v) is 3.95. The number of amides is 2. The second-order valence-corrected chi connectivity index (χ2v) is 7.14. The Labute approximate surface area is 169 Å². The van der Waals surface area contributed by atoms with E-state index in [0.29, 0.717) is 23.0 Å². The number of ether oxygens (including phenoxy) is 1. The number of fused-ring (bicyclic) bond motifs is 1. The molecule has 4 nitrogen and oxygen atoms in total. The highest BCUT2D eigenvalue weighted by atomic mass is 35.5. The standard InChI is InChI=1S/C23H21ClN2O2/c1-28-18-9-6-8-17(15-18)25-23(27)26-14-13-16-7-2-3-10-19(16)22(26)20-11-4-5-12-21(20)24/h2-12,15,22H,13-14H2,1H3,(H,25,27)/t22-/m1/s1. The van der Waals surface area contributed by atoms with Crippen LogP contribution in [0.4, 0.5) is 10.5 Å².